The van der Waals surface area contributed by atoms with Crippen molar-refractivity contribution < 1.29 is 14.1 Å². The van der Waals surface area contributed by atoms with Gasteiger partial charge in [-0.15, -0.1) is 0 Å². The minimum absolute atomic E-state index is 0.133. The van der Waals surface area contributed by atoms with E-state index in [4.69, 9.17) is 9.26 Å². The molecule has 0 unspecified atom stereocenters. The van der Waals surface area contributed by atoms with Crippen LogP contribution in [0, 0.1) is 5.92 Å². The third kappa shape index (κ3) is 3.72. The number of benzene rings is 1. The lowest BCUT2D eigenvalue weighted by Crippen LogP contribution is -2.09. The summed E-state index contributed by atoms with van der Waals surface area (Å²) in [6.45, 7) is 0.182. The van der Waals surface area contributed by atoms with Gasteiger partial charge in [0.05, 0.1) is 0 Å². The average molecular weight is 285 g/mol. The molecule has 1 aromatic heterocycles. The van der Waals surface area contributed by atoms with Gasteiger partial charge in [-0.3, -0.25) is 4.79 Å². The summed E-state index contributed by atoms with van der Waals surface area (Å²) in [4.78, 5) is 11.8. The quantitative estimate of drug-likeness (QED) is 0.780. The highest BCUT2D eigenvalue weighted by Gasteiger charge is 2.19. The topological polar surface area (TPSA) is 52.3 Å². The van der Waals surface area contributed by atoms with E-state index < -0.39 is 0 Å². The van der Waals surface area contributed by atoms with Crippen molar-refractivity contribution in [3.8, 4) is 11.3 Å². The molecule has 1 fully saturated rings. The summed E-state index contributed by atoms with van der Waals surface area (Å²) in [5.41, 5.74) is 1.61. The number of hydrogen-bond donors (Lipinski definition) is 0. The van der Waals surface area contributed by atoms with Crippen molar-refractivity contribution >= 4 is 5.97 Å². The maximum Gasteiger partial charge on any atom is 0.306 e. The van der Waals surface area contributed by atoms with Crippen LogP contribution in [0.15, 0.2) is 40.9 Å². The molecule has 4 nitrogen and oxygen atoms in total. The number of carbonyl (C=O) groups excluding carboxylic acids is 1. The van der Waals surface area contributed by atoms with Crippen molar-refractivity contribution in [2.45, 2.75) is 38.7 Å². The van der Waals surface area contributed by atoms with E-state index in [1.54, 1.807) is 0 Å². The molecule has 4 heteroatoms. The molecule has 0 spiro atoms. The molecule has 0 radical (unpaired) electrons. The van der Waals surface area contributed by atoms with Crippen LogP contribution in [0.25, 0.3) is 11.3 Å². The number of hydrogen-bond acceptors (Lipinski definition) is 4. The Morgan fingerprint density at radius 1 is 1.24 bits per heavy atom. The van der Waals surface area contributed by atoms with Crippen LogP contribution in [-0.4, -0.2) is 11.1 Å². The zero-order valence-electron chi connectivity index (χ0n) is 12.0. The van der Waals surface area contributed by atoms with Crippen LogP contribution in [0.2, 0.25) is 0 Å². The molecule has 1 heterocycles. The van der Waals surface area contributed by atoms with Gasteiger partial charge < -0.3 is 9.26 Å². The number of carbonyl (C=O) groups is 1. The first-order chi connectivity index (χ1) is 10.3. The van der Waals surface area contributed by atoms with E-state index in [-0.39, 0.29) is 12.6 Å². The lowest BCUT2D eigenvalue weighted by molar-refractivity contribution is -0.146. The predicted molar refractivity (Wildman–Crippen MR) is 78.3 cm³/mol. The van der Waals surface area contributed by atoms with Gasteiger partial charge in [0.1, 0.15) is 12.3 Å². The van der Waals surface area contributed by atoms with E-state index in [2.05, 4.69) is 5.16 Å². The fourth-order valence-electron chi connectivity index (χ4n) is 2.78. The number of nitrogens with zero attached hydrogens (tertiary/aromatic N) is 1. The highest BCUT2D eigenvalue weighted by molar-refractivity contribution is 5.69. The second-order valence-electron chi connectivity index (χ2n) is 5.56. The summed E-state index contributed by atoms with van der Waals surface area (Å²) in [5.74, 6) is 1.07. The van der Waals surface area contributed by atoms with Gasteiger partial charge in [-0.2, -0.15) is 0 Å². The van der Waals surface area contributed by atoms with E-state index in [0.29, 0.717) is 23.8 Å². The van der Waals surface area contributed by atoms with Gasteiger partial charge in [0, 0.05) is 18.1 Å². The third-order valence-corrected chi connectivity index (χ3v) is 3.93. The highest BCUT2D eigenvalue weighted by Crippen LogP contribution is 2.28. The molecule has 110 valence electrons. The maximum absolute atomic E-state index is 11.8. The number of esters is 1. The first kappa shape index (κ1) is 13.9. The minimum atomic E-state index is -0.133. The number of ether oxygens (including phenoxy) is 1. The molecular formula is C17H19NO3. The Morgan fingerprint density at radius 2 is 2.00 bits per heavy atom. The van der Waals surface area contributed by atoms with Crippen molar-refractivity contribution in [3.05, 3.63) is 42.1 Å². The van der Waals surface area contributed by atoms with Gasteiger partial charge in [-0.05, 0) is 18.8 Å². The van der Waals surface area contributed by atoms with Crippen molar-refractivity contribution in [2.75, 3.05) is 0 Å². The van der Waals surface area contributed by atoms with Crippen molar-refractivity contribution in [2.24, 2.45) is 5.92 Å². The molecule has 3 rings (SSSR count). The molecule has 0 bridgehead atoms. The van der Waals surface area contributed by atoms with Crippen molar-refractivity contribution in [1.29, 1.82) is 0 Å². The van der Waals surface area contributed by atoms with Crippen molar-refractivity contribution in [3.63, 3.8) is 0 Å². The minimum Gasteiger partial charge on any atom is -0.459 e. The van der Waals surface area contributed by atoms with Crippen LogP contribution in [0.1, 0.15) is 37.8 Å². The average Bonchev–Trinajstić information content (AvgIpc) is 3.17. The Kier molecular flexibility index (Phi) is 4.34. The largest absolute Gasteiger partial charge is 0.459 e. The molecule has 2 aromatic rings. The standard InChI is InChI=1S/C17H19NO3/c19-17(10-13-6-4-5-7-13)20-12-15-11-16(21-18-15)14-8-2-1-3-9-14/h1-3,8-9,11,13H,4-7,10,12H2. The molecule has 1 aliphatic rings. The zero-order chi connectivity index (χ0) is 14.5. The van der Waals surface area contributed by atoms with Gasteiger partial charge in [0.2, 0.25) is 0 Å². The molecule has 21 heavy (non-hydrogen) atoms. The molecule has 0 amide bonds. The molecule has 1 aromatic carbocycles. The summed E-state index contributed by atoms with van der Waals surface area (Å²) >= 11 is 0. The monoisotopic (exact) mass is 285 g/mol. The molecule has 0 N–H and O–H groups in total. The normalized spacial score (nSPS) is 15.2. The second kappa shape index (κ2) is 6.57. The van der Waals surface area contributed by atoms with E-state index in [1.165, 1.54) is 12.8 Å². The summed E-state index contributed by atoms with van der Waals surface area (Å²) < 4.78 is 10.6. The SMILES string of the molecule is O=C(CC1CCCC1)OCc1cc(-c2ccccc2)on1. The van der Waals surface area contributed by atoms with Gasteiger partial charge in [-0.25, -0.2) is 0 Å². The Morgan fingerprint density at radius 3 is 2.76 bits per heavy atom. The lowest BCUT2D eigenvalue weighted by atomic mass is 10.0. The van der Waals surface area contributed by atoms with Crippen LogP contribution in [0.5, 0.6) is 0 Å². The zero-order valence-corrected chi connectivity index (χ0v) is 12.0. The first-order valence-electron chi connectivity index (χ1n) is 7.48. The maximum atomic E-state index is 11.8. The van der Waals surface area contributed by atoms with Gasteiger partial charge in [0.25, 0.3) is 0 Å². The highest BCUT2D eigenvalue weighted by atomic mass is 16.5. The predicted octanol–water partition coefficient (Wildman–Crippen LogP) is 3.97. The smallest absolute Gasteiger partial charge is 0.306 e. The van der Waals surface area contributed by atoms with Crippen LogP contribution in [0.4, 0.5) is 0 Å². The van der Waals surface area contributed by atoms with Crippen LogP contribution < -0.4 is 0 Å². The van der Waals surface area contributed by atoms with Crippen LogP contribution in [0.3, 0.4) is 0 Å². The van der Waals surface area contributed by atoms with E-state index in [9.17, 15) is 4.79 Å². The molecular weight excluding hydrogens is 266 g/mol. The van der Waals surface area contributed by atoms with Gasteiger partial charge >= 0.3 is 5.97 Å². The molecule has 1 aliphatic carbocycles. The fourth-order valence-corrected chi connectivity index (χ4v) is 2.78. The van der Waals surface area contributed by atoms with E-state index in [0.717, 1.165) is 18.4 Å². The van der Waals surface area contributed by atoms with Gasteiger partial charge in [-0.1, -0.05) is 48.3 Å². The molecule has 0 aliphatic heterocycles. The number of aromatic nitrogens is 1. The Labute approximate surface area is 124 Å². The summed E-state index contributed by atoms with van der Waals surface area (Å²) in [5, 5.41) is 3.94. The number of rotatable bonds is 5. The molecule has 0 atom stereocenters. The fraction of sp³-hybridized carbons (Fsp3) is 0.412. The van der Waals surface area contributed by atoms with E-state index >= 15 is 0 Å². The van der Waals surface area contributed by atoms with Crippen LogP contribution >= 0.6 is 0 Å². The Hall–Kier alpha value is -2.10. The summed E-state index contributed by atoms with van der Waals surface area (Å²) in [6.07, 6.45) is 5.31. The molecule has 0 saturated heterocycles. The third-order valence-electron chi connectivity index (χ3n) is 3.93. The molecule has 1 saturated carbocycles. The van der Waals surface area contributed by atoms with Crippen LogP contribution in [-0.2, 0) is 16.1 Å². The Bertz CT molecular complexity index is 585. The van der Waals surface area contributed by atoms with Crippen molar-refractivity contribution in [1.82, 2.24) is 5.16 Å². The first-order valence-corrected chi connectivity index (χ1v) is 7.48. The summed E-state index contributed by atoms with van der Waals surface area (Å²) in [7, 11) is 0. The lowest BCUT2D eigenvalue weighted by Gasteiger charge is -2.07. The summed E-state index contributed by atoms with van der Waals surface area (Å²) in [6, 6.07) is 11.6. The Balaban J connectivity index is 1.51. The van der Waals surface area contributed by atoms with Gasteiger partial charge in [0.15, 0.2) is 5.76 Å². The van der Waals surface area contributed by atoms with E-state index in [1.807, 2.05) is 36.4 Å². The second-order valence-corrected chi connectivity index (χ2v) is 5.56.